The molecule has 134 valence electrons. The lowest BCUT2D eigenvalue weighted by atomic mass is 10.1. The van der Waals surface area contributed by atoms with Gasteiger partial charge in [-0.3, -0.25) is 24.4 Å². The molecule has 2 amide bonds. The molecule has 0 radical (unpaired) electrons. The Hall–Kier alpha value is -2.53. The molecule has 4 rings (SSSR count). The summed E-state index contributed by atoms with van der Waals surface area (Å²) >= 11 is 0. The van der Waals surface area contributed by atoms with Gasteiger partial charge in [-0.2, -0.15) is 0 Å². The van der Waals surface area contributed by atoms with Crippen LogP contribution in [0.5, 0.6) is 0 Å². The summed E-state index contributed by atoms with van der Waals surface area (Å²) in [7, 11) is 0. The van der Waals surface area contributed by atoms with E-state index in [0.29, 0.717) is 23.7 Å². The number of hydrogen-bond donors (Lipinski definition) is 0. The molecule has 1 fully saturated rings. The smallest absolute Gasteiger partial charge is 0.261 e. The molecule has 1 aromatic heterocycles. The SMILES string of the molecule is O=C1c2ccccc2C(=O)N1CCCCN1CCCC1c1ccncc1. The maximum Gasteiger partial charge on any atom is 0.261 e. The van der Waals surface area contributed by atoms with Crippen molar-refractivity contribution in [1.29, 1.82) is 0 Å². The number of carbonyl (C=O) groups excluding carboxylic acids is 2. The molecule has 1 aromatic carbocycles. The van der Waals surface area contributed by atoms with Gasteiger partial charge in [-0.15, -0.1) is 0 Å². The average Bonchev–Trinajstić information content (AvgIpc) is 3.24. The molecule has 3 heterocycles. The Bertz CT molecular complexity index is 771. The third-order valence-corrected chi connectivity index (χ3v) is 5.41. The highest BCUT2D eigenvalue weighted by molar-refractivity contribution is 6.21. The van der Waals surface area contributed by atoms with E-state index in [0.717, 1.165) is 25.9 Å². The first-order valence-corrected chi connectivity index (χ1v) is 9.35. The fraction of sp³-hybridized carbons (Fsp3) is 0.381. The molecule has 1 unspecified atom stereocenters. The van der Waals surface area contributed by atoms with Crippen molar-refractivity contribution < 1.29 is 9.59 Å². The Morgan fingerprint density at radius 2 is 1.58 bits per heavy atom. The van der Waals surface area contributed by atoms with Crippen molar-refractivity contribution in [2.24, 2.45) is 0 Å². The Kier molecular flexibility index (Phi) is 4.80. The fourth-order valence-electron chi connectivity index (χ4n) is 4.08. The number of pyridine rings is 1. The Labute approximate surface area is 153 Å². The molecule has 2 aliphatic rings. The number of unbranched alkanes of at least 4 members (excludes halogenated alkanes) is 1. The second kappa shape index (κ2) is 7.38. The van der Waals surface area contributed by atoms with E-state index >= 15 is 0 Å². The van der Waals surface area contributed by atoms with Crippen molar-refractivity contribution in [1.82, 2.24) is 14.8 Å². The Morgan fingerprint density at radius 1 is 0.923 bits per heavy atom. The summed E-state index contributed by atoms with van der Waals surface area (Å²) in [6.45, 7) is 2.61. The highest BCUT2D eigenvalue weighted by Gasteiger charge is 2.34. The first kappa shape index (κ1) is 16.9. The summed E-state index contributed by atoms with van der Waals surface area (Å²) in [6, 6.07) is 11.7. The van der Waals surface area contributed by atoms with Crippen molar-refractivity contribution in [2.45, 2.75) is 31.7 Å². The van der Waals surface area contributed by atoms with Crippen LogP contribution in [0.15, 0.2) is 48.8 Å². The maximum atomic E-state index is 12.4. The molecular formula is C21H23N3O2. The molecule has 5 nitrogen and oxygen atoms in total. The molecule has 2 aromatic rings. The zero-order valence-electron chi connectivity index (χ0n) is 14.8. The quantitative estimate of drug-likeness (QED) is 0.593. The summed E-state index contributed by atoms with van der Waals surface area (Å²) in [5.74, 6) is -0.303. The van der Waals surface area contributed by atoms with E-state index in [1.165, 1.54) is 23.3 Å². The van der Waals surface area contributed by atoms with Crippen LogP contribution in [0.25, 0.3) is 0 Å². The lowest BCUT2D eigenvalue weighted by molar-refractivity contribution is 0.0650. The van der Waals surface area contributed by atoms with Crippen molar-refractivity contribution in [2.75, 3.05) is 19.6 Å². The summed E-state index contributed by atoms with van der Waals surface area (Å²) < 4.78 is 0. The topological polar surface area (TPSA) is 53.5 Å². The van der Waals surface area contributed by atoms with Crippen LogP contribution in [0.2, 0.25) is 0 Å². The van der Waals surface area contributed by atoms with Crippen LogP contribution in [0, 0.1) is 0 Å². The van der Waals surface area contributed by atoms with Gasteiger partial charge < -0.3 is 0 Å². The van der Waals surface area contributed by atoms with Crippen molar-refractivity contribution in [3.63, 3.8) is 0 Å². The summed E-state index contributed by atoms with van der Waals surface area (Å²) in [5.41, 5.74) is 2.41. The second-order valence-corrected chi connectivity index (χ2v) is 6.99. The van der Waals surface area contributed by atoms with Gasteiger partial charge >= 0.3 is 0 Å². The first-order valence-electron chi connectivity index (χ1n) is 9.35. The van der Waals surface area contributed by atoms with Gasteiger partial charge in [-0.05, 0) is 68.6 Å². The average molecular weight is 349 g/mol. The van der Waals surface area contributed by atoms with Crippen LogP contribution in [0.3, 0.4) is 0 Å². The van der Waals surface area contributed by atoms with E-state index in [4.69, 9.17) is 0 Å². The van der Waals surface area contributed by atoms with Gasteiger partial charge in [0.1, 0.15) is 0 Å². The predicted molar refractivity (Wildman–Crippen MR) is 98.8 cm³/mol. The maximum absolute atomic E-state index is 12.4. The van der Waals surface area contributed by atoms with Gasteiger partial charge in [0, 0.05) is 25.0 Å². The van der Waals surface area contributed by atoms with Crippen LogP contribution in [-0.2, 0) is 0 Å². The number of imide groups is 1. The lowest BCUT2D eigenvalue weighted by Crippen LogP contribution is -2.31. The minimum Gasteiger partial charge on any atom is -0.296 e. The number of rotatable bonds is 6. The Morgan fingerprint density at radius 3 is 2.27 bits per heavy atom. The molecule has 0 bridgehead atoms. The number of hydrogen-bond acceptors (Lipinski definition) is 4. The highest BCUT2D eigenvalue weighted by atomic mass is 16.2. The fourth-order valence-corrected chi connectivity index (χ4v) is 4.08. The van der Waals surface area contributed by atoms with Gasteiger partial charge in [0.25, 0.3) is 11.8 Å². The number of nitrogens with zero attached hydrogens (tertiary/aromatic N) is 3. The number of carbonyl (C=O) groups is 2. The molecular weight excluding hydrogens is 326 g/mol. The normalized spacial score (nSPS) is 20.0. The van der Waals surface area contributed by atoms with Crippen LogP contribution in [0.4, 0.5) is 0 Å². The van der Waals surface area contributed by atoms with Crippen LogP contribution < -0.4 is 0 Å². The van der Waals surface area contributed by atoms with E-state index in [9.17, 15) is 9.59 Å². The number of benzene rings is 1. The summed E-state index contributed by atoms with van der Waals surface area (Å²) in [6.07, 6.45) is 7.93. The van der Waals surface area contributed by atoms with E-state index < -0.39 is 0 Å². The number of aromatic nitrogens is 1. The van der Waals surface area contributed by atoms with Crippen molar-refractivity contribution >= 4 is 11.8 Å². The third kappa shape index (κ3) is 3.15. The van der Waals surface area contributed by atoms with E-state index in [-0.39, 0.29) is 11.8 Å². The minimum absolute atomic E-state index is 0.151. The third-order valence-electron chi connectivity index (χ3n) is 5.41. The van der Waals surface area contributed by atoms with Gasteiger partial charge in [0.05, 0.1) is 11.1 Å². The van der Waals surface area contributed by atoms with Crippen LogP contribution >= 0.6 is 0 Å². The standard InChI is InChI=1S/C21H23N3O2/c25-20-17-6-1-2-7-18(17)21(26)24(20)15-4-3-13-23-14-5-8-19(23)16-9-11-22-12-10-16/h1-2,6-7,9-12,19H,3-5,8,13-15H2. The molecule has 0 spiro atoms. The van der Waals surface area contributed by atoms with Crippen molar-refractivity contribution in [3.8, 4) is 0 Å². The molecule has 5 heteroatoms. The predicted octanol–water partition coefficient (Wildman–Crippen LogP) is 3.29. The summed E-state index contributed by atoms with van der Waals surface area (Å²) in [4.78, 5) is 32.8. The number of fused-ring (bicyclic) bond motifs is 1. The molecule has 26 heavy (non-hydrogen) atoms. The number of amides is 2. The molecule has 1 saturated heterocycles. The lowest BCUT2D eigenvalue weighted by Gasteiger charge is -2.25. The molecule has 2 aliphatic heterocycles. The largest absolute Gasteiger partial charge is 0.296 e. The summed E-state index contributed by atoms with van der Waals surface area (Å²) in [5, 5.41) is 0. The highest BCUT2D eigenvalue weighted by Crippen LogP contribution is 2.31. The molecule has 0 saturated carbocycles. The number of likely N-dealkylation sites (tertiary alicyclic amines) is 1. The van der Waals surface area contributed by atoms with Gasteiger partial charge in [0.15, 0.2) is 0 Å². The van der Waals surface area contributed by atoms with Gasteiger partial charge in [0.2, 0.25) is 0 Å². The van der Waals surface area contributed by atoms with E-state index in [2.05, 4.69) is 22.0 Å². The second-order valence-electron chi connectivity index (χ2n) is 6.99. The van der Waals surface area contributed by atoms with E-state index in [1.807, 2.05) is 12.4 Å². The molecule has 1 atom stereocenters. The molecule has 0 N–H and O–H groups in total. The monoisotopic (exact) mass is 349 g/mol. The first-order chi connectivity index (χ1) is 12.8. The van der Waals surface area contributed by atoms with Crippen LogP contribution in [0.1, 0.15) is 58.0 Å². The zero-order chi connectivity index (χ0) is 17.9. The van der Waals surface area contributed by atoms with E-state index in [1.54, 1.807) is 24.3 Å². The van der Waals surface area contributed by atoms with Gasteiger partial charge in [-0.1, -0.05) is 12.1 Å². The van der Waals surface area contributed by atoms with Gasteiger partial charge in [-0.25, -0.2) is 0 Å². The minimum atomic E-state index is -0.151. The Balaban J connectivity index is 1.30. The molecule has 0 aliphatic carbocycles. The van der Waals surface area contributed by atoms with Crippen molar-refractivity contribution in [3.05, 3.63) is 65.5 Å². The zero-order valence-corrected chi connectivity index (χ0v) is 14.8. The van der Waals surface area contributed by atoms with Crippen LogP contribution in [-0.4, -0.2) is 46.2 Å².